The molecule has 29 heavy (non-hydrogen) atoms. The maximum Gasteiger partial charge on any atom is 0.230 e. The van der Waals surface area contributed by atoms with E-state index < -0.39 is 0 Å². The molecule has 1 heterocycles. The van der Waals surface area contributed by atoms with Crippen LogP contribution in [0, 0.1) is 13.8 Å². The summed E-state index contributed by atoms with van der Waals surface area (Å²) in [6.07, 6.45) is 5.87. The van der Waals surface area contributed by atoms with Gasteiger partial charge in [-0.3, -0.25) is 4.79 Å². The average Bonchev–Trinajstić information content (AvgIpc) is 3.11. The average molecular weight is 437 g/mol. The van der Waals surface area contributed by atoms with Crippen molar-refractivity contribution in [3.05, 3.63) is 34.1 Å². The van der Waals surface area contributed by atoms with Crippen molar-refractivity contribution in [3.63, 3.8) is 0 Å². The number of carbonyl (C=O) groups excluding carboxylic acids is 1. The number of rotatable bonds is 8. The normalized spacial score (nSPS) is 14.8. The molecule has 1 aromatic heterocycles. The molecular weight excluding hydrogens is 408 g/mol. The summed E-state index contributed by atoms with van der Waals surface area (Å²) in [5.41, 5.74) is 1.97. The SMILES string of the molecule is CCn1c(COc2cc(C)c(Cl)c(C)c2)nnc1SCC(=O)NC1CCCCC1. The Morgan fingerprint density at radius 1 is 1.24 bits per heavy atom. The van der Waals surface area contributed by atoms with Gasteiger partial charge >= 0.3 is 0 Å². The molecule has 6 nitrogen and oxygen atoms in total. The number of ether oxygens (including phenoxy) is 1. The lowest BCUT2D eigenvalue weighted by atomic mass is 9.95. The molecule has 0 spiro atoms. The number of carbonyl (C=O) groups is 1. The highest BCUT2D eigenvalue weighted by Gasteiger charge is 2.18. The Morgan fingerprint density at radius 2 is 1.93 bits per heavy atom. The van der Waals surface area contributed by atoms with Gasteiger partial charge < -0.3 is 14.6 Å². The Balaban J connectivity index is 1.56. The van der Waals surface area contributed by atoms with Gasteiger partial charge in [0.2, 0.25) is 5.91 Å². The maximum absolute atomic E-state index is 12.3. The lowest BCUT2D eigenvalue weighted by Gasteiger charge is -2.22. The zero-order chi connectivity index (χ0) is 20.8. The molecule has 1 aliphatic carbocycles. The van der Waals surface area contributed by atoms with E-state index in [0.717, 1.165) is 52.3 Å². The highest BCUT2D eigenvalue weighted by molar-refractivity contribution is 7.99. The van der Waals surface area contributed by atoms with Crippen LogP contribution in [0.25, 0.3) is 0 Å². The van der Waals surface area contributed by atoms with E-state index in [-0.39, 0.29) is 5.91 Å². The summed E-state index contributed by atoms with van der Waals surface area (Å²) in [6, 6.07) is 4.18. The summed E-state index contributed by atoms with van der Waals surface area (Å²) in [4.78, 5) is 12.3. The second kappa shape index (κ2) is 10.3. The van der Waals surface area contributed by atoms with E-state index in [4.69, 9.17) is 16.3 Å². The fourth-order valence-electron chi connectivity index (χ4n) is 3.63. The van der Waals surface area contributed by atoms with Gasteiger partial charge in [0, 0.05) is 17.6 Å². The lowest BCUT2D eigenvalue weighted by molar-refractivity contribution is -0.119. The second-order valence-electron chi connectivity index (χ2n) is 7.49. The van der Waals surface area contributed by atoms with Gasteiger partial charge in [0.05, 0.1) is 5.75 Å². The second-order valence-corrected chi connectivity index (χ2v) is 8.81. The topological polar surface area (TPSA) is 69.0 Å². The molecule has 1 N–H and O–H groups in total. The van der Waals surface area contributed by atoms with Gasteiger partial charge in [-0.05, 0) is 56.9 Å². The Kier molecular flexibility index (Phi) is 7.84. The number of aromatic nitrogens is 3. The summed E-state index contributed by atoms with van der Waals surface area (Å²) in [6.45, 7) is 7.00. The molecule has 1 amide bonds. The van der Waals surface area contributed by atoms with Gasteiger partial charge in [-0.1, -0.05) is 42.6 Å². The Hall–Kier alpha value is -1.73. The first-order valence-electron chi connectivity index (χ1n) is 10.2. The summed E-state index contributed by atoms with van der Waals surface area (Å²) in [5, 5.41) is 13.2. The fourth-order valence-corrected chi connectivity index (χ4v) is 4.58. The van der Waals surface area contributed by atoms with Crippen LogP contribution in [0.15, 0.2) is 17.3 Å². The number of thioether (sulfide) groups is 1. The molecule has 0 bridgehead atoms. The Morgan fingerprint density at radius 3 is 2.59 bits per heavy atom. The highest BCUT2D eigenvalue weighted by Crippen LogP contribution is 2.26. The van der Waals surface area contributed by atoms with Crippen molar-refractivity contribution in [3.8, 4) is 5.75 Å². The molecule has 1 aromatic carbocycles. The number of amides is 1. The molecule has 2 aromatic rings. The highest BCUT2D eigenvalue weighted by atomic mass is 35.5. The molecule has 8 heteroatoms. The van der Waals surface area contributed by atoms with E-state index in [1.54, 1.807) is 0 Å². The van der Waals surface area contributed by atoms with Crippen LogP contribution in [0.5, 0.6) is 5.75 Å². The van der Waals surface area contributed by atoms with Crippen molar-refractivity contribution in [2.24, 2.45) is 0 Å². The van der Waals surface area contributed by atoms with Gasteiger partial charge in [-0.25, -0.2) is 0 Å². The van der Waals surface area contributed by atoms with E-state index in [1.807, 2.05) is 37.5 Å². The fraction of sp³-hybridized carbons (Fsp3) is 0.571. The third-order valence-electron chi connectivity index (χ3n) is 5.19. The molecule has 1 fully saturated rings. The van der Waals surface area contributed by atoms with Crippen LogP contribution in [0.2, 0.25) is 5.02 Å². The van der Waals surface area contributed by atoms with Gasteiger partial charge in [0.1, 0.15) is 12.4 Å². The summed E-state index contributed by atoms with van der Waals surface area (Å²) in [7, 11) is 0. The smallest absolute Gasteiger partial charge is 0.230 e. The number of halogens is 1. The van der Waals surface area contributed by atoms with Crippen LogP contribution in [-0.4, -0.2) is 32.5 Å². The van der Waals surface area contributed by atoms with Crippen LogP contribution in [-0.2, 0) is 17.9 Å². The number of nitrogens with zero attached hydrogens (tertiary/aromatic N) is 3. The molecule has 0 aliphatic heterocycles. The molecule has 0 radical (unpaired) electrons. The lowest BCUT2D eigenvalue weighted by Crippen LogP contribution is -2.37. The first kappa shape index (κ1) is 22.0. The first-order valence-corrected chi connectivity index (χ1v) is 11.6. The standard InChI is InChI=1S/C21H29ClN4O2S/c1-4-26-18(12-28-17-10-14(2)20(22)15(3)11-17)24-25-21(26)29-13-19(27)23-16-8-6-5-7-9-16/h10-11,16H,4-9,12-13H2,1-3H3,(H,23,27). The number of benzene rings is 1. The van der Waals surface area contributed by atoms with Crippen LogP contribution in [0.4, 0.5) is 0 Å². The quantitative estimate of drug-likeness (QED) is 0.608. The Bertz CT molecular complexity index is 826. The zero-order valence-electron chi connectivity index (χ0n) is 17.3. The monoisotopic (exact) mass is 436 g/mol. The minimum absolute atomic E-state index is 0.0671. The minimum atomic E-state index is 0.0671. The van der Waals surface area contributed by atoms with Crippen LogP contribution >= 0.6 is 23.4 Å². The zero-order valence-corrected chi connectivity index (χ0v) is 18.9. The van der Waals surface area contributed by atoms with Crippen molar-refractivity contribution in [1.82, 2.24) is 20.1 Å². The third-order valence-corrected chi connectivity index (χ3v) is 6.75. The van der Waals surface area contributed by atoms with E-state index >= 15 is 0 Å². The Labute approximate surface area is 181 Å². The first-order chi connectivity index (χ1) is 14.0. The summed E-state index contributed by atoms with van der Waals surface area (Å²) < 4.78 is 7.91. The van der Waals surface area contributed by atoms with E-state index in [9.17, 15) is 4.79 Å². The predicted octanol–water partition coefficient (Wildman–Crippen LogP) is 4.69. The number of nitrogens with one attached hydrogen (secondary N) is 1. The van der Waals surface area contributed by atoms with Crippen molar-refractivity contribution >= 4 is 29.3 Å². The largest absolute Gasteiger partial charge is 0.486 e. The van der Waals surface area contributed by atoms with Crippen LogP contribution < -0.4 is 10.1 Å². The van der Waals surface area contributed by atoms with Crippen molar-refractivity contribution < 1.29 is 9.53 Å². The van der Waals surface area contributed by atoms with E-state index in [1.165, 1.54) is 31.0 Å². The molecule has 1 aliphatic rings. The molecular formula is C21H29ClN4O2S. The van der Waals surface area contributed by atoms with Crippen LogP contribution in [0.1, 0.15) is 56.0 Å². The number of aryl methyl sites for hydroxylation is 2. The van der Waals surface area contributed by atoms with Gasteiger partial charge in [-0.15, -0.1) is 10.2 Å². The predicted molar refractivity (Wildman–Crippen MR) is 117 cm³/mol. The molecule has 1 saturated carbocycles. The van der Waals surface area contributed by atoms with Crippen LogP contribution in [0.3, 0.4) is 0 Å². The molecule has 158 valence electrons. The molecule has 0 atom stereocenters. The molecule has 0 saturated heterocycles. The molecule has 0 unspecified atom stereocenters. The number of hydrogen-bond donors (Lipinski definition) is 1. The van der Waals surface area contributed by atoms with Crippen molar-refractivity contribution in [2.75, 3.05) is 5.75 Å². The number of hydrogen-bond acceptors (Lipinski definition) is 5. The third kappa shape index (κ3) is 5.89. The van der Waals surface area contributed by atoms with Crippen molar-refractivity contribution in [1.29, 1.82) is 0 Å². The van der Waals surface area contributed by atoms with Gasteiger partial charge in [0.15, 0.2) is 11.0 Å². The maximum atomic E-state index is 12.3. The summed E-state index contributed by atoms with van der Waals surface area (Å²) >= 11 is 7.64. The van der Waals surface area contributed by atoms with E-state index in [2.05, 4.69) is 15.5 Å². The van der Waals surface area contributed by atoms with Crippen molar-refractivity contribution in [2.45, 2.75) is 77.2 Å². The van der Waals surface area contributed by atoms with E-state index in [0.29, 0.717) is 18.4 Å². The summed E-state index contributed by atoms with van der Waals surface area (Å²) in [5.74, 6) is 1.92. The van der Waals surface area contributed by atoms with Gasteiger partial charge in [-0.2, -0.15) is 0 Å². The van der Waals surface area contributed by atoms with Gasteiger partial charge in [0.25, 0.3) is 0 Å². The molecule has 3 rings (SSSR count). The minimum Gasteiger partial charge on any atom is -0.486 e.